The lowest BCUT2D eigenvalue weighted by Crippen LogP contribution is -2.16. The highest BCUT2D eigenvalue weighted by Gasteiger charge is 2.19. The van der Waals surface area contributed by atoms with Crippen LogP contribution in [0.15, 0.2) is 54.6 Å². The highest BCUT2D eigenvalue weighted by atomic mass is 16.5. The van der Waals surface area contributed by atoms with E-state index in [0.29, 0.717) is 0 Å². The van der Waals surface area contributed by atoms with Crippen LogP contribution in [-0.4, -0.2) is 6.61 Å². The second kappa shape index (κ2) is 5.36. The fourth-order valence-electron chi connectivity index (χ4n) is 2.66. The minimum atomic E-state index is 0.273. The molecule has 0 N–H and O–H groups in total. The van der Waals surface area contributed by atoms with Crippen LogP contribution in [0.3, 0.4) is 0 Å². The van der Waals surface area contributed by atoms with Crippen molar-refractivity contribution in [2.24, 2.45) is 0 Å². The van der Waals surface area contributed by atoms with Crippen LogP contribution in [0.1, 0.15) is 29.2 Å². The largest absolute Gasteiger partial charge is 0.373 e. The third kappa shape index (κ3) is 2.46. The molecule has 0 unspecified atom stereocenters. The summed E-state index contributed by atoms with van der Waals surface area (Å²) in [4.78, 5) is 0. The average Bonchev–Trinajstić information content (AvgIpc) is 2.46. The highest BCUT2D eigenvalue weighted by molar-refractivity contribution is 5.31. The van der Waals surface area contributed by atoms with Gasteiger partial charge < -0.3 is 4.74 Å². The van der Waals surface area contributed by atoms with E-state index in [0.717, 1.165) is 25.9 Å². The second-order valence-corrected chi connectivity index (χ2v) is 4.83. The number of benzene rings is 2. The van der Waals surface area contributed by atoms with Gasteiger partial charge in [-0.05, 0) is 36.0 Å². The van der Waals surface area contributed by atoms with Gasteiger partial charge in [-0.25, -0.2) is 0 Å². The van der Waals surface area contributed by atoms with Crippen LogP contribution in [0, 0.1) is 0 Å². The van der Waals surface area contributed by atoms with Gasteiger partial charge in [-0.1, -0.05) is 54.6 Å². The number of fused-ring (bicyclic) bond motifs is 1. The summed E-state index contributed by atoms with van der Waals surface area (Å²) in [6.45, 7) is 0.858. The number of hydrogen-bond acceptors (Lipinski definition) is 1. The lowest BCUT2D eigenvalue weighted by atomic mass is 9.94. The van der Waals surface area contributed by atoms with Crippen molar-refractivity contribution in [2.75, 3.05) is 6.61 Å². The molecular weight excluding hydrogens is 220 g/mol. The first kappa shape index (κ1) is 11.5. The fraction of sp³-hybridized carbons (Fsp3) is 0.294. The van der Waals surface area contributed by atoms with Crippen LogP contribution in [0.2, 0.25) is 0 Å². The minimum absolute atomic E-state index is 0.273. The Labute approximate surface area is 108 Å². The molecule has 1 nitrogen and oxygen atoms in total. The molecule has 0 aliphatic carbocycles. The Morgan fingerprint density at radius 3 is 2.61 bits per heavy atom. The first-order valence-corrected chi connectivity index (χ1v) is 6.67. The summed E-state index contributed by atoms with van der Waals surface area (Å²) >= 11 is 0. The van der Waals surface area contributed by atoms with Crippen molar-refractivity contribution in [1.82, 2.24) is 0 Å². The summed E-state index contributed by atoms with van der Waals surface area (Å²) < 4.78 is 5.93. The van der Waals surface area contributed by atoms with E-state index in [2.05, 4.69) is 54.6 Å². The van der Waals surface area contributed by atoms with Crippen molar-refractivity contribution in [2.45, 2.75) is 25.4 Å². The molecule has 92 valence electrons. The van der Waals surface area contributed by atoms with Crippen molar-refractivity contribution >= 4 is 0 Å². The van der Waals surface area contributed by atoms with Crippen LogP contribution < -0.4 is 0 Å². The minimum Gasteiger partial charge on any atom is -0.373 e. The number of aryl methyl sites for hydroxylation is 1. The molecule has 0 bridgehead atoms. The molecule has 2 aromatic carbocycles. The molecule has 0 fully saturated rings. The number of hydrogen-bond donors (Lipinski definition) is 0. The van der Waals surface area contributed by atoms with E-state index in [4.69, 9.17) is 4.74 Å². The second-order valence-electron chi connectivity index (χ2n) is 4.83. The third-order valence-corrected chi connectivity index (χ3v) is 3.63. The van der Waals surface area contributed by atoms with Gasteiger partial charge in [-0.2, -0.15) is 0 Å². The fourth-order valence-corrected chi connectivity index (χ4v) is 2.66. The van der Waals surface area contributed by atoms with Crippen molar-refractivity contribution in [3.05, 3.63) is 71.3 Å². The molecule has 0 amide bonds. The van der Waals surface area contributed by atoms with Crippen molar-refractivity contribution in [3.8, 4) is 0 Å². The molecule has 0 radical (unpaired) electrons. The Kier molecular flexibility index (Phi) is 3.42. The molecule has 0 aromatic heterocycles. The Morgan fingerprint density at radius 2 is 1.72 bits per heavy atom. The van der Waals surface area contributed by atoms with Crippen molar-refractivity contribution < 1.29 is 4.74 Å². The molecule has 1 aliphatic heterocycles. The van der Waals surface area contributed by atoms with E-state index >= 15 is 0 Å². The van der Waals surface area contributed by atoms with Gasteiger partial charge in [0.1, 0.15) is 0 Å². The summed E-state index contributed by atoms with van der Waals surface area (Å²) in [6, 6.07) is 19.3. The summed E-state index contributed by atoms with van der Waals surface area (Å²) in [5.41, 5.74) is 4.24. The van der Waals surface area contributed by atoms with Crippen LogP contribution in [0.25, 0.3) is 0 Å². The van der Waals surface area contributed by atoms with Gasteiger partial charge in [0.2, 0.25) is 0 Å². The maximum Gasteiger partial charge on any atom is 0.0830 e. The van der Waals surface area contributed by atoms with E-state index in [1.165, 1.54) is 16.7 Å². The maximum absolute atomic E-state index is 5.93. The lowest BCUT2D eigenvalue weighted by molar-refractivity contribution is 0.0368. The highest BCUT2D eigenvalue weighted by Crippen LogP contribution is 2.30. The molecule has 1 heterocycles. The zero-order valence-corrected chi connectivity index (χ0v) is 10.5. The molecular formula is C17H18O. The first-order chi connectivity index (χ1) is 8.93. The molecule has 3 rings (SSSR count). The summed E-state index contributed by atoms with van der Waals surface area (Å²) in [5, 5.41) is 0. The molecule has 18 heavy (non-hydrogen) atoms. The lowest BCUT2D eigenvalue weighted by Gasteiger charge is -2.26. The Balaban J connectivity index is 1.71. The smallest absolute Gasteiger partial charge is 0.0830 e. The molecule has 0 saturated carbocycles. The zero-order valence-electron chi connectivity index (χ0n) is 10.5. The van der Waals surface area contributed by atoms with Gasteiger partial charge >= 0.3 is 0 Å². The Hall–Kier alpha value is -1.60. The summed E-state index contributed by atoms with van der Waals surface area (Å²) in [6.07, 6.45) is 3.48. The molecule has 1 aliphatic rings. The summed E-state index contributed by atoms with van der Waals surface area (Å²) in [5.74, 6) is 0. The van der Waals surface area contributed by atoms with Gasteiger partial charge in [0, 0.05) is 0 Å². The third-order valence-electron chi connectivity index (χ3n) is 3.63. The molecule has 0 saturated heterocycles. The quantitative estimate of drug-likeness (QED) is 0.787. The molecule has 2 aromatic rings. The first-order valence-electron chi connectivity index (χ1n) is 6.67. The Bertz CT molecular complexity index is 504. The van der Waals surface area contributed by atoms with Crippen molar-refractivity contribution in [1.29, 1.82) is 0 Å². The zero-order chi connectivity index (χ0) is 12.2. The Morgan fingerprint density at radius 1 is 0.944 bits per heavy atom. The molecule has 0 spiro atoms. The number of rotatable bonds is 3. The van der Waals surface area contributed by atoms with E-state index in [-0.39, 0.29) is 6.10 Å². The van der Waals surface area contributed by atoms with Crippen LogP contribution in [0.4, 0.5) is 0 Å². The van der Waals surface area contributed by atoms with E-state index in [1.54, 1.807) is 0 Å². The SMILES string of the molecule is c1ccc(CC[C@@H]2OCCc3ccccc32)cc1. The normalized spacial score (nSPS) is 18.3. The standard InChI is InChI=1S/C17H18O/c1-2-6-14(7-3-1)10-11-17-16-9-5-4-8-15(16)12-13-18-17/h1-9,17H,10-13H2/t17-/m0/s1. The van der Waals surface area contributed by atoms with Gasteiger partial charge in [-0.3, -0.25) is 0 Å². The maximum atomic E-state index is 5.93. The number of ether oxygens (including phenoxy) is 1. The van der Waals surface area contributed by atoms with E-state index in [1.807, 2.05) is 0 Å². The van der Waals surface area contributed by atoms with E-state index in [9.17, 15) is 0 Å². The predicted octanol–water partition coefficient (Wildman–Crippen LogP) is 3.93. The summed E-state index contributed by atoms with van der Waals surface area (Å²) in [7, 11) is 0. The van der Waals surface area contributed by atoms with Crippen LogP contribution >= 0.6 is 0 Å². The van der Waals surface area contributed by atoms with Gasteiger partial charge in [0.05, 0.1) is 12.7 Å². The predicted molar refractivity (Wildman–Crippen MR) is 73.6 cm³/mol. The average molecular weight is 238 g/mol. The van der Waals surface area contributed by atoms with Gasteiger partial charge in [0.15, 0.2) is 0 Å². The van der Waals surface area contributed by atoms with Crippen LogP contribution in [-0.2, 0) is 17.6 Å². The van der Waals surface area contributed by atoms with Gasteiger partial charge in [0.25, 0.3) is 0 Å². The van der Waals surface area contributed by atoms with Crippen LogP contribution in [0.5, 0.6) is 0 Å². The molecule has 1 heteroatoms. The van der Waals surface area contributed by atoms with Crippen molar-refractivity contribution in [3.63, 3.8) is 0 Å². The monoisotopic (exact) mass is 238 g/mol. The topological polar surface area (TPSA) is 9.23 Å². The molecule has 1 atom stereocenters. The van der Waals surface area contributed by atoms with Gasteiger partial charge in [-0.15, -0.1) is 0 Å². The van der Waals surface area contributed by atoms with E-state index < -0.39 is 0 Å².